The Hall–Kier alpha value is -4.72. The second-order valence-electron chi connectivity index (χ2n) is 22.9. The third-order valence-corrected chi connectivity index (χ3v) is 12.6. The van der Waals surface area contributed by atoms with Crippen molar-refractivity contribution in [2.75, 3.05) is 0 Å². The molecule has 0 bridgehead atoms. The van der Waals surface area contributed by atoms with E-state index in [1.54, 1.807) is 125 Å². The summed E-state index contributed by atoms with van der Waals surface area (Å²) in [6, 6.07) is -8.29. The van der Waals surface area contributed by atoms with Crippen molar-refractivity contribution in [2.24, 2.45) is 53.3 Å². The predicted octanol–water partition coefficient (Wildman–Crippen LogP) is -0.653. The van der Waals surface area contributed by atoms with E-state index in [0.29, 0.717) is 0 Å². The maximum absolute atomic E-state index is 13.9. The number of carbonyl (C=O) groups excluding carboxylic acids is 12. The molecule has 6 N–H and O–H groups in total. The van der Waals surface area contributed by atoms with Gasteiger partial charge in [-0.25, -0.2) is 28.8 Å². The molecule has 0 aromatic carbocycles. The minimum atomic E-state index is -1.64. The van der Waals surface area contributed by atoms with Gasteiger partial charge < -0.3 is 60.3 Å². The van der Waals surface area contributed by atoms with Crippen LogP contribution in [0.5, 0.6) is 0 Å². The second-order valence-corrected chi connectivity index (χ2v) is 22.9. The van der Waals surface area contributed by atoms with Crippen molar-refractivity contribution in [1.82, 2.24) is 31.9 Å². The molecule has 12 unspecified atom stereocenters. The third-order valence-electron chi connectivity index (χ3n) is 12.6. The molecule has 1 aliphatic heterocycles. The van der Waals surface area contributed by atoms with Gasteiger partial charge in [-0.05, 0) is 74.0 Å². The smallest absolute Gasteiger partial charge is 0.451 e. The van der Waals surface area contributed by atoms with Crippen LogP contribution < -0.4 is 83.3 Å². The van der Waals surface area contributed by atoms with Crippen LogP contribution in [0.2, 0.25) is 0 Å². The Morgan fingerprint density at radius 3 is 0.671 bits per heavy atom. The summed E-state index contributed by atoms with van der Waals surface area (Å²) in [5.74, 6) is -17.8. The van der Waals surface area contributed by atoms with Crippen molar-refractivity contribution >= 4 is 71.3 Å². The van der Waals surface area contributed by atoms with Gasteiger partial charge in [0.15, 0.2) is 36.6 Å². The average Bonchev–Trinajstić information content (AvgIpc) is 3.31. The number of cyclic esters (lactones) is 6. The molecule has 0 spiro atoms. The van der Waals surface area contributed by atoms with Crippen molar-refractivity contribution in [3.8, 4) is 0 Å². The zero-order valence-electron chi connectivity index (χ0n) is 50.5. The van der Waals surface area contributed by atoms with E-state index in [9.17, 15) is 57.5 Å². The molecule has 79 heavy (non-hydrogen) atoms. The molecule has 0 radical (unpaired) electrons. The van der Waals surface area contributed by atoms with Crippen LogP contribution in [0.1, 0.15) is 145 Å². The van der Waals surface area contributed by atoms with Crippen LogP contribution in [0.25, 0.3) is 0 Å². The van der Waals surface area contributed by atoms with Gasteiger partial charge in [0.05, 0.1) is 0 Å². The average molecular weight is 1150 g/mol. The number of hydrogen-bond donors (Lipinski definition) is 6. The molecular formula is C54H90KN6O18+. The van der Waals surface area contributed by atoms with Crippen LogP contribution >= 0.6 is 0 Å². The van der Waals surface area contributed by atoms with Crippen LogP contribution in [-0.2, 0) is 86.0 Å². The predicted molar refractivity (Wildman–Crippen MR) is 281 cm³/mol. The van der Waals surface area contributed by atoms with E-state index in [1.807, 2.05) is 0 Å². The van der Waals surface area contributed by atoms with E-state index in [1.165, 1.54) is 20.8 Å². The van der Waals surface area contributed by atoms with Gasteiger partial charge in [-0.15, -0.1) is 0 Å². The fourth-order valence-electron chi connectivity index (χ4n) is 7.51. The first-order valence-corrected chi connectivity index (χ1v) is 26.9. The van der Waals surface area contributed by atoms with E-state index in [0.717, 1.165) is 0 Å². The van der Waals surface area contributed by atoms with Crippen LogP contribution in [0, 0.1) is 53.3 Å². The number of esters is 6. The van der Waals surface area contributed by atoms with Gasteiger partial charge in [-0.1, -0.05) is 125 Å². The Morgan fingerprint density at radius 2 is 0.430 bits per heavy atom. The third kappa shape index (κ3) is 23.0. The Labute approximate surface area is 508 Å². The molecule has 12 atom stereocenters. The fourth-order valence-corrected chi connectivity index (χ4v) is 7.51. The molecule has 0 aliphatic carbocycles. The van der Waals surface area contributed by atoms with Crippen molar-refractivity contribution in [2.45, 2.75) is 218 Å². The van der Waals surface area contributed by atoms with Gasteiger partial charge in [-0.2, -0.15) is 0 Å². The van der Waals surface area contributed by atoms with Crippen molar-refractivity contribution in [3.63, 3.8) is 0 Å². The first kappa shape index (κ1) is 74.3. The minimum Gasteiger partial charge on any atom is -0.451 e. The first-order valence-electron chi connectivity index (χ1n) is 26.9. The molecule has 25 heteroatoms. The molecule has 0 aromatic rings. The van der Waals surface area contributed by atoms with E-state index in [-0.39, 0.29) is 51.4 Å². The topological polar surface area (TPSA) is 332 Å². The number of ether oxygens (including phenoxy) is 6. The summed E-state index contributed by atoms with van der Waals surface area (Å²) in [6.45, 7) is 32.1. The largest absolute Gasteiger partial charge is 1.00 e. The standard InChI is InChI=1S/C54H90N6O18.K/c1-22(2)34-45(63)58-35(23(3)4)50(68)73-31(19)43(61)56-38(26(9)10)53(71)77-41(29(15)16)47(65)59-36(24(5)6)51(69)74-32(20)44(62)57-39(27(11)12)54(72)78-42(30(17)18)48(66)60-37(25(7)8)52(70)75-33(21)49(67)76-40(28(13)14)46(64)55-34;/h22-42H,1-21H3,(H,55,64)(H,56,61)(H,57,62)(H,58,63)(H,59,65)(H,60,66);/q;+1. The number of amides is 6. The van der Waals surface area contributed by atoms with Crippen molar-refractivity contribution in [3.05, 3.63) is 0 Å². The Balaban J connectivity index is 0.0000608. The number of rotatable bonds is 9. The molecule has 1 saturated heterocycles. The summed E-state index contributed by atoms with van der Waals surface area (Å²) in [5, 5.41) is 15.2. The molecule has 24 nitrogen and oxygen atoms in total. The summed E-state index contributed by atoms with van der Waals surface area (Å²) in [4.78, 5) is 165. The van der Waals surface area contributed by atoms with E-state index >= 15 is 0 Å². The molecular weight excluding hydrogens is 1060 g/mol. The van der Waals surface area contributed by atoms with Gasteiger partial charge in [0.1, 0.15) is 36.3 Å². The van der Waals surface area contributed by atoms with E-state index < -0.39 is 197 Å². The Morgan fingerprint density at radius 1 is 0.241 bits per heavy atom. The monoisotopic (exact) mass is 1150 g/mol. The quantitative estimate of drug-likeness (QED) is 0.0949. The molecule has 0 saturated carbocycles. The zero-order valence-corrected chi connectivity index (χ0v) is 53.6. The zero-order chi connectivity index (χ0) is 60.5. The summed E-state index contributed by atoms with van der Waals surface area (Å²) in [5.41, 5.74) is 0. The molecule has 444 valence electrons. The van der Waals surface area contributed by atoms with Gasteiger partial charge in [0.2, 0.25) is 5.91 Å². The van der Waals surface area contributed by atoms with Gasteiger partial charge in [0, 0.05) is 0 Å². The van der Waals surface area contributed by atoms with E-state index in [2.05, 4.69) is 31.9 Å². The minimum absolute atomic E-state index is 0. The summed E-state index contributed by atoms with van der Waals surface area (Å²) >= 11 is 0. The second kappa shape index (κ2) is 33.9. The molecule has 1 fully saturated rings. The molecule has 1 heterocycles. The van der Waals surface area contributed by atoms with E-state index in [4.69, 9.17) is 28.4 Å². The normalized spacial score (nSPS) is 28.5. The summed E-state index contributed by atoms with van der Waals surface area (Å²) in [7, 11) is 0. The molecule has 1 aliphatic rings. The molecule has 0 aromatic heterocycles. The maximum Gasteiger partial charge on any atom is 1.00 e. The Bertz CT molecular complexity index is 1900. The van der Waals surface area contributed by atoms with Crippen LogP contribution in [0.4, 0.5) is 0 Å². The fraction of sp³-hybridized carbons (Fsp3) is 0.778. The molecule has 6 amide bonds. The number of nitrogens with one attached hydrogen (secondary N) is 6. The number of hydrogen-bond acceptors (Lipinski definition) is 18. The van der Waals surface area contributed by atoms with Gasteiger partial charge in [-0.3, -0.25) is 28.8 Å². The SMILES string of the molecule is CC1OC(=O)C(C(C)C)NC(=O)C(C(C)C)NC(=O)C(C(C)C)OC(=O)C(C)OC(=O)C(C(C)C)NC(=O)C(C(C)C)OC(=O)C(C(C)C)NC(=O)C(C)OC(=O)C(C(C)C)NC(=O)C(C(C)C)OC(=O)C(C(C)C)NC1=O.[K+]. The molecule has 1 rings (SSSR count). The Kier molecular flexibility index (Phi) is 31.9. The van der Waals surface area contributed by atoms with Crippen LogP contribution in [0.15, 0.2) is 0 Å². The maximum atomic E-state index is 13.9. The van der Waals surface area contributed by atoms with Crippen molar-refractivity contribution < 1.29 is 137 Å². The summed E-state index contributed by atoms with van der Waals surface area (Å²) in [6.07, 6.45) is -9.34. The van der Waals surface area contributed by atoms with Crippen LogP contribution in [-0.4, -0.2) is 144 Å². The first-order chi connectivity index (χ1) is 35.9. The van der Waals surface area contributed by atoms with Gasteiger partial charge >= 0.3 is 87.2 Å². The van der Waals surface area contributed by atoms with Gasteiger partial charge in [0.25, 0.3) is 29.5 Å². The number of carbonyl (C=O) groups is 12. The van der Waals surface area contributed by atoms with Crippen LogP contribution in [0.3, 0.4) is 0 Å². The summed E-state index contributed by atoms with van der Waals surface area (Å²) < 4.78 is 33.3. The van der Waals surface area contributed by atoms with Crippen molar-refractivity contribution in [1.29, 1.82) is 0 Å².